The van der Waals surface area contributed by atoms with Crippen LogP contribution in [0.1, 0.15) is 11.6 Å². The van der Waals surface area contributed by atoms with Crippen molar-refractivity contribution in [3.63, 3.8) is 0 Å². The molecule has 0 aromatic carbocycles. The van der Waals surface area contributed by atoms with Crippen LogP contribution in [0, 0.1) is 0 Å². The SMILES string of the molecule is C=CC(N)c1ccc(=O)[nH]c1. The number of hydrogen-bond acceptors (Lipinski definition) is 2. The first-order chi connectivity index (χ1) is 5.24. The smallest absolute Gasteiger partial charge is 0.247 e. The highest BCUT2D eigenvalue weighted by molar-refractivity contribution is 5.17. The third-order valence-electron chi connectivity index (χ3n) is 1.45. The molecule has 0 aliphatic rings. The minimum Gasteiger partial charge on any atom is -0.329 e. The van der Waals surface area contributed by atoms with Crippen LogP contribution in [0.5, 0.6) is 0 Å². The summed E-state index contributed by atoms with van der Waals surface area (Å²) in [6, 6.07) is 2.93. The van der Waals surface area contributed by atoms with Crippen LogP contribution < -0.4 is 11.3 Å². The third-order valence-corrected chi connectivity index (χ3v) is 1.45. The molecule has 0 aliphatic heterocycles. The van der Waals surface area contributed by atoms with Gasteiger partial charge in [0.05, 0.1) is 0 Å². The molecule has 1 rings (SSSR count). The highest BCUT2D eigenvalue weighted by Crippen LogP contribution is 2.05. The largest absolute Gasteiger partial charge is 0.329 e. The van der Waals surface area contributed by atoms with Crippen molar-refractivity contribution in [2.24, 2.45) is 5.73 Å². The normalized spacial score (nSPS) is 12.5. The number of hydrogen-bond donors (Lipinski definition) is 2. The van der Waals surface area contributed by atoms with Crippen LogP contribution in [-0.2, 0) is 0 Å². The zero-order chi connectivity index (χ0) is 8.27. The number of aromatic nitrogens is 1. The van der Waals surface area contributed by atoms with Crippen LogP contribution in [0.3, 0.4) is 0 Å². The van der Waals surface area contributed by atoms with E-state index >= 15 is 0 Å². The van der Waals surface area contributed by atoms with E-state index < -0.39 is 0 Å². The molecule has 1 heterocycles. The van der Waals surface area contributed by atoms with Crippen LogP contribution in [0.2, 0.25) is 0 Å². The van der Waals surface area contributed by atoms with Gasteiger partial charge in [0, 0.05) is 18.3 Å². The molecule has 1 aromatic rings. The van der Waals surface area contributed by atoms with E-state index in [1.807, 2.05) is 0 Å². The molecule has 1 atom stereocenters. The summed E-state index contributed by atoms with van der Waals surface area (Å²) in [5, 5.41) is 0. The van der Waals surface area contributed by atoms with Gasteiger partial charge in [-0.2, -0.15) is 0 Å². The molecular formula is C8H10N2O. The summed E-state index contributed by atoms with van der Waals surface area (Å²) in [6.45, 7) is 3.54. The molecule has 0 radical (unpaired) electrons. The van der Waals surface area contributed by atoms with Crippen molar-refractivity contribution < 1.29 is 0 Å². The standard InChI is InChI=1S/C8H10N2O/c1-2-7(9)6-3-4-8(11)10-5-6/h2-5,7H,1,9H2,(H,10,11). The lowest BCUT2D eigenvalue weighted by molar-refractivity contribution is 0.900. The van der Waals surface area contributed by atoms with Crippen LogP contribution in [0.4, 0.5) is 0 Å². The van der Waals surface area contributed by atoms with Crippen molar-refractivity contribution in [1.82, 2.24) is 4.98 Å². The molecular weight excluding hydrogens is 140 g/mol. The van der Waals surface area contributed by atoms with Gasteiger partial charge in [0.15, 0.2) is 0 Å². The summed E-state index contributed by atoms with van der Waals surface area (Å²) in [5.74, 6) is 0. The maximum absolute atomic E-state index is 10.6. The molecule has 3 nitrogen and oxygen atoms in total. The molecule has 11 heavy (non-hydrogen) atoms. The Morgan fingerprint density at radius 1 is 1.64 bits per heavy atom. The summed E-state index contributed by atoms with van der Waals surface area (Å²) in [7, 11) is 0. The molecule has 58 valence electrons. The van der Waals surface area contributed by atoms with E-state index in [1.54, 1.807) is 18.3 Å². The van der Waals surface area contributed by atoms with Gasteiger partial charge >= 0.3 is 0 Å². The van der Waals surface area contributed by atoms with E-state index in [4.69, 9.17) is 5.73 Å². The second-order valence-corrected chi connectivity index (χ2v) is 2.25. The van der Waals surface area contributed by atoms with Gasteiger partial charge in [0.25, 0.3) is 0 Å². The van der Waals surface area contributed by atoms with Crippen molar-refractivity contribution in [3.05, 3.63) is 46.9 Å². The highest BCUT2D eigenvalue weighted by Gasteiger charge is 1.98. The minimum atomic E-state index is -0.202. The van der Waals surface area contributed by atoms with E-state index in [-0.39, 0.29) is 11.6 Å². The molecule has 0 bridgehead atoms. The number of pyridine rings is 1. The van der Waals surface area contributed by atoms with Crippen LogP contribution >= 0.6 is 0 Å². The number of H-pyrrole nitrogens is 1. The summed E-state index contributed by atoms with van der Waals surface area (Å²) in [5.41, 5.74) is 6.34. The second kappa shape index (κ2) is 3.16. The van der Waals surface area contributed by atoms with E-state index in [9.17, 15) is 4.79 Å². The van der Waals surface area contributed by atoms with Gasteiger partial charge in [-0.05, 0) is 5.56 Å². The zero-order valence-corrected chi connectivity index (χ0v) is 6.08. The van der Waals surface area contributed by atoms with E-state index in [1.165, 1.54) is 6.07 Å². The number of nitrogens with two attached hydrogens (primary N) is 1. The van der Waals surface area contributed by atoms with Gasteiger partial charge in [0.2, 0.25) is 5.56 Å². The molecule has 0 fully saturated rings. The van der Waals surface area contributed by atoms with Crippen LogP contribution in [0.25, 0.3) is 0 Å². The van der Waals surface area contributed by atoms with Gasteiger partial charge in [0.1, 0.15) is 0 Å². The third kappa shape index (κ3) is 1.78. The molecule has 0 spiro atoms. The monoisotopic (exact) mass is 150 g/mol. The Hall–Kier alpha value is -1.35. The van der Waals surface area contributed by atoms with Crippen molar-refractivity contribution in [2.45, 2.75) is 6.04 Å². The predicted molar refractivity (Wildman–Crippen MR) is 44.2 cm³/mol. The number of aromatic amines is 1. The molecule has 3 heteroatoms. The lowest BCUT2D eigenvalue weighted by atomic mass is 10.1. The minimum absolute atomic E-state index is 0.120. The summed E-state index contributed by atoms with van der Waals surface area (Å²) in [4.78, 5) is 13.1. The van der Waals surface area contributed by atoms with E-state index in [0.717, 1.165) is 5.56 Å². The fraction of sp³-hybridized carbons (Fsp3) is 0.125. The molecule has 1 aromatic heterocycles. The molecule has 1 unspecified atom stereocenters. The second-order valence-electron chi connectivity index (χ2n) is 2.25. The maximum atomic E-state index is 10.6. The molecule has 0 saturated carbocycles. The van der Waals surface area contributed by atoms with Gasteiger partial charge in [-0.3, -0.25) is 4.79 Å². The zero-order valence-electron chi connectivity index (χ0n) is 6.08. The van der Waals surface area contributed by atoms with Crippen LogP contribution in [0.15, 0.2) is 35.8 Å². The Kier molecular flexibility index (Phi) is 2.23. The lowest BCUT2D eigenvalue weighted by Gasteiger charge is -2.03. The average molecular weight is 150 g/mol. The van der Waals surface area contributed by atoms with Gasteiger partial charge in [-0.1, -0.05) is 12.1 Å². The maximum Gasteiger partial charge on any atom is 0.247 e. The first kappa shape index (κ1) is 7.75. The fourth-order valence-corrected chi connectivity index (χ4v) is 0.766. The van der Waals surface area contributed by atoms with E-state index in [0.29, 0.717) is 0 Å². The summed E-state index contributed by atoms with van der Waals surface area (Å²) in [6.07, 6.45) is 3.21. The summed E-state index contributed by atoms with van der Waals surface area (Å²) < 4.78 is 0. The molecule has 0 amide bonds. The number of nitrogens with one attached hydrogen (secondary N) is 1. The Balaban J connectivity index is 2.98. The average Bonchev–Trinajstić information content (AvgIpc) is 2.05. The van der Waals surface area contributed by atoms with Crippen molar-refractivity contribution in [2.75, 3.05) is 0 Å². The Morgan fingerprint density at radius 2 is 2.36 bits per heavy atom. The quantitative estimate of drug-likeness (QED) is 0.605. The highest BCUT2D eigenvalue weighted by atomic mass is 16.1. The first-order valence-electron chi connectivity index (χ1n) is 3.31. The molecule has 0 saturated heterocycles. The van der Waals surface area contributed by atoms with Crippen LogP contribution in [-0.4, -0.2) is 4.98 Å². The topological polar surface area (TPSA) is 58.9 Å². The fourth-order valence-electron chi connectivity index (χ4n) is 0.766. The van der Waals surface area contributed by atoms with Crippen molar-refractivity contribution in [1.29, 1.82) is 0 Å². The van der Waals surface area contributed by atoms with Crippen molar-refractivity contribution >= 4 is 0 Å². The molecule has 0 aliphatic carbocycles. The Morgan fingerprint density at radius 3 is 2.82 bits per heavy atom. The Labute approximate surface area is 64.6 Å². The van der Waals surface area contributed by atoms with Gasteiger partial charge in [-0.15, -0.1) is 6.58 Å². The Bertz CT molecular complexity index is 283. The summed E-state index contributed by atoms with van der Waals surface area (Å²) >= 11 is 0. The van der Waals surface area contributed by atoms with E-state index in [2.05, 4.69) is 11.6 Å². The number of rotatable bonds is 2. The lowest BCUT2D eigenvalue weighted by Crippen LogP contribution is -2.10. The molecule has 3 N–H and O–H groups in total. The first-order valence-corrected chi connectivity index (χ1v) is 3.31. The van der Waals surface area contributed by atoms with Gasteiger partial charge in [-0.25, -0.2) is 0 Å². The van der Waals surface area contributed by atoms with Gasteiger partial charge < -0.3 is 10.7 Å². The van der Waals surface area contributed by atoms with Crippen molar-refractivity contribution in [3.8, 4) is 0 Å². The predicted octanol–water partition coefficient (Wildman–Crippen LogP) is 0.561.